The molecule has 0 saturated heterocycles. The highest BCUT2D eigenvalue weighted by Crippen LogP contribution is 2.64. The molecule has 0 bridgehead atoms. The third kappa shape index (κ3) is 4.06. The number of hydrogen-bond acceptors (Lipinski definition) is 3. The lowest BCUT2D eigenvalue weighted by Crippen LogP contribution is -2.31. The number of hydrogen-bond donors (Lipinski definition) is 3. The molecule has 0 unspecified atom stereocenters. The second kappa shape index (κ2) is 9.01. The van der Waals surface area contributed by atoms with Crippen LogP contribution in [0, 0.1) is 0 Å². The maximum absolute atomic E-state index is 13.3. The van der Waals surface area contributed by atoms with E-state index in [1.165, 1.54) is 12.1 Å². The van der Waals surface area contributed by atoms with Crippen LogP contribution in [0.4, 0.5) is 0 Å². The van der Waals surface area contributed by atoms with Gasteiger partial charge in [0.2, 0.25) is 0 Å². The number of benzene rings is 4. The van der Waals surface area contributed by atoms with Crippen LogP contribution in [0.5, 0.6) is 11.5 Å². The van der Waals surface area contributed by atoms with E-state index in [4.69, 9.17) is 4.74 Å². The molecule has 3 N–H and O–H groups in total. The number of aromatic hydroxyl groups is 1. The summed E-state index contributed by atoms with van der Waals surface area (Å²) in [5, 5.41) is 7.79. The summed E-state index contributed by atoms with van der Waals surface area (Å²) in [5.74, 6) is 0.672. The number of phenolic OH excluding ortho intramolecular Hbond substituents is 1. The Kier molecular flexibility index (Phi) is 6.15. The van der Waals surface area contributed by atoms with Gasteiger partial charge in [-0.25, -0.2) is 0 Å². The fraction of sp³-hybridized carbons (Fsp3) is 0.0769. The lowest BCUT2D eigenvalue weighted by atomic mass is 9.82. The summed E-state index contributed by atoms with van der Waals surface area (Å²) in [7, 11) is -4.79. The predicted octanol–water partition coefficient (Wildman–Crippen LogP) is 5.44. The SMILES string of the molecule is O=P(O)(O)C(c1ccccc1)(c1ccccc1)c1ccccc1COc1ccc(O)cc1. The van der Waals surface area contributed by atoms with Gasteiger partial charge >= 0.3 is 7.60 Å². The Morgan fingerprint density at radius 2 is 1.19 bits per heavy atom. The molecule has 0 spiro atoms. The first-order chi connectivity index (χ1) is 15.4. The first kappa shape index (κ1) is 21.8. The molecule has 0 amide bonds. The number of rotatable bonds is 7. The quantitative estimate of drug-likeness (QED) is 0.260. The molecule has 0 aliphatic carbocycles. The van der Waals surface area contributed by atoms with Gasteiger partial charge in [0.05, 0.1) is 0 Å². The van der Waals surface area contributed by atoms with Crippen molar-refractivity contribution >= 4 is 7.60 Å². The Morgan fingerprint density at radius 1 is 0.688 bits per heavy atom. The molecule has 32 heavy (non-hydrogen) atoms. The monoisotopic (exact) mass is 446 g/mol. The molecule has 0 saturated carbocycles. The lowest BCUT2D eigenvalue weighted by Gasteiger charge is -2.37. The highest BCUT2D eigenvalue weighted by Gasteiger charge is 2.52. The summed E-state index contributed by atoms with van der Waals surface area (Å²) >= 11 is 0. The lowest BCUT2D eigenvalue weighted by molar-refractivity contribution is 0.302. The van der Waals surface area contributed by atoms with Crippen LogP contribution in [0.25, 0.3) is 0 Å². The van der Waals surface area contributed by atoms with Crippen molar-refractivity contribution in [1.29, 1.82) is 0 Å². The summed E-state index contributed by atoms with van der Waals surface area (Å²) in [6, 6.07) is 31.2. The van der Waals surface area contributed by atoms with Gasteiger partial charge in [-0.1, -0.05) is 84.9 Å². The van der Waals surface area contributed by atoms with Gasteiger partial charge in [-0.15, -0.1) is 0 Å². The molecule has 0 aliphatic rings. The van der Waals surface area contributed by atoms with Crippen molar-refractivity contribution in [2.24, 2.45) is 0 Å². The number of phenols is 1. The third-order valence-electron chi connectivity index (χ3n) is 5.46. The van der Waals surface area contributed by atoms with Crippen molar-refractivity contribution in [3.63, 3.8) is 0 Å². The Hall–Kier alpha value is -3.37. The van der Waals surface area contributed by atoms with Crippen LogP contribution in [0.15, 0.2) is 109 Å². The van der Waals surface area contributed by atoms with Crippen LogP contribution in [0.2, 0.25) is 0 Å². The van der Waals surface area contributed by atoms with Crippen LogP contribution in [-0.4, -0.2) is 14.9 Å². The average Bonchev–Trinajstić information content (AvgIpc) is 2.80. The van der Waals surface area contributed by atoms with Gasteiger partial charge in [-0.3, -0.25) is 4.57 Å². The van der Waals surface area contributed by atoms with E-state index in [2.05, 4.69) is 0 Å². The van der Waals surface area contributed by atoms with Gasteiger partial charge in [0.1, 0.15) is 23.3 Å². The summed E-state index contributed by atoms with van der Waals surface area (Å²) < 4.78 is 19.2. The van der Waals surface area contributed by atoms with Crippen molar-refractivity contribution < 1.29 is 24.2 Å². The van der Waals surface area contributed by atoms with Crippen LogP contribution >= 0.6 is 7.60 Å². The van der Waals surface area contributed by atoms with Crippen molar-refractivity contribution in [1.82, 2.24) is 0 Å². The van der Waals surface area contributed by atoms with Crippen molar-refractivity contribution in [2.45, 2.75) is 11.8 Å². The summed E-state index contributed by atoms with van der Waals surface area (Å²) in [6.45, 7) is 0.0996. The third-order valence-corrected chi connectivity index (χ3v) is 7.09. The Balaban J connectivity index is 1.91. The largest absolute Gasteiger partial charge is 0.508 e. The van der Waals surface area contributed by atoms with E-state index in [0.29, 0.717) is 28.0 Å². The zero-order valence-electron chi connectivity index (χ0n) is 17.2. The first-order valence-corrected chi connectivity index (χ1v) is 11.7. The molecule has 6 heteroatoms. The highest BCUT2D eigenvalue weighted by atomic mass is 31.2. The van der Waals surface area contributed by atoms with E-state index in [1.807, 2.05) is 24.3 Å². The molecule has 0 heterocycles. The minimum absolute atomic E-state index is 0.0996. The van der Waals surface area contributed by atoms with E-state index >= 15 is 0 Å². The van der Waals surface area contributed by atoms with Gasteiger partial charge < -0.3 is 19.6 Å². The Morgan fingerprint density at radius 3 is 1.72 bits per heavy atom. The van der Waals surface area contributed by atoms with Gasteiger partial charge in [-0.05, 0) is 46.5 Å². The molecular formula is C26H23O5P. The number of ether oxygens (including phenoxy) is 1. The predicted molar refractivity (Wildman–Crippen MR) is 124 cm³/mol. The van der Waals surface area contributed by atoms with E-state index in [-0.39, 0.29) is 12.4 Å². The molecule has 4 rings (SSSR count). The molecule has 4 aromatic rings. The summed E-state index contributed by atoms with van der Waals surface area (Å²) in [6.07, 6.45) is 0. The van der Waals surface area contributed by atoms with Crippen LogP contribution in [0.1, 0.15) is 22.3 Å². The topological polar surface area (TPSA) is 87.0 Å². The summed E-state index contributed by atoms with van der Waals surface area (Å²) in [4.78, 5) is 21.7. The molecule has 0 fully saturated rings. The molecule has 0 atom stereocenters. The standard InChI is InChI=1S/C26H23O5P/c27-23-15-17-24(18-16-23)31-19-20-9-7-8-14-25(20)26(32(28,29)30,21-10-3-1-4-11-21)22-12-5-2-6-13-22/h1-18,27H,19H2,(H2,28,29,30). The zero-order chi connectivity index (χ0) is 22.6. The van der Waals surface area contributed by atoms with Crippen LogP contribution < -0.4 is 4.74 Å². The van der Waals surface area contributed by atoms with E-state index in [1.54, 1.807) is 72.8 Å². The molecular weight excluding hydrogens is 423 g/mol. The van der Waals surface area contributed by atoms with Gasteiger partial charge in [-0.2, -0.15) is 0 Å². The zero-order valence-corrected chi connectivity index (χ0v) is 18.1. The van der Waals surface area contributed by atoms with Gasteiger partial charge in [0, 0.05) is 0 Å². The van der Waals surface area contributed by atoms with Gasteiger partial charge in [0.25, 0.3) is 0 Å². The Labute approximate surface area is 186 Å². The minimum atomic E-state index is -4.79. The smallest absolute Gasteiger partial charge is 0.344 e. The normalized spacial score (nSPS) is 11.8. The maximum atomic E-state index is 13.3. The average molecular weight is 446 g/mol. The minimum Gasteiger partial charge on any atom is -0.508 e. The second-order valence-corrected chi connectivity index (χ2v) is 9.19. The van der Waals surface area contributed by atoms with Crippen molar-refractivity contribution in [3.05, 3.63) is 131 Å². The van der Waals surface area contributed by atoms with Crippen LogP contribution in [0.3, 0.4) is 0 Å². The Bertz CT molecular complexity index is 1180. The summed E-state index contributed by atoms with van der Waals surface area (Å²) in [5.41, 5.74) is 2.12. The van der Waals surface area contributed by atoms with Gasteiger partial charge in [0.15, 0.2) is 0 Å². The maximum Gasteiger partial charge on any atom is 0.344 e. The molecule has 5 nitrogen and oxygen atoms in total. The van der Waals surface area contributed by atoms with Crippen molar-refractivity contribution in [3.8, 4) is 11.5 Å². The molecule has 0 aliphatic heterocycles. The van der Waals surface area contributed by atoms with Crippen LogP contribution in [-0.2, 0) is 16.3 Å². The fourth-order valence-corrected chi connectivity index (χ4v) is 5.54. The van der Waals surface area contributed by atoms with Crippen molar-refractivity contribution in [2.75, 3.05) is 0 Å². The molecule has 0 aromatic heterocycles. The fourth-order valence-electron chi connectivity index (χ4n) is 4.03. The first-order valence-electron chi connectivity index (χ1n) is 10.1. The van der Waals surface area contributed by atoms with E-state index in [9.17, 15) is 19.5 Å². The highest BCUT2D eigenvalue weighted by molar-refractivity contribution is 7.53. The molecule has 162 valence electrons. The molecule has 4 aromatic carbocycles. The van der Waals surface area contributed by atoms with E-state index < -0.39 is 12.8 Å². The van der Waals surface area contributed by atoms with E-state index in [0.717, 1.165) is 0 Å². The molecule has 0 radical (unpaired) electrons. The second-order valence-electron chi connectivity index (χ2n) is 7.43.